The predicted octanol–water partition coefficient (Wildman–Crippen LogP) is 2.53. The van der Waals surface area contributed by atoms with E-state index in [1.807, 2.05) is 12.1 Å². The zero-order valence-electron chi connectivity index (χ0n) is 10.5. The van der Waals surface area contributed by atoms with E-state index < -0.39 is 0 Å². The largest absolute Gasteiger partial charge is 0.307 e. The van der Waals surface area contributed by atoms with Crippen LogP contribution in [0.2, 0.25) is 0 Å². The molecule has 0 saturated carbocycles. The molecule has 1 aliphatic rings. The van der Waals surface area contributed by atoms with E-state index in [1.165, 1.54) is 18.7 Å². The van der Waals surface area contributed by atoms with Crippen molar-refractivity contribution in [1.82, 2.24) is 14.3 Å². The Labute approximate surface area is 102 Å². The van der Waals surface area contributed by atoms with E-state index in [0.717, 1.165) is 12.2 Å². The SMILES string of the molecule is CC(C)N1CCC(c2cn3ccccc3n2)C1. The average Bonchev–Trinajstić information content (AvgIpc) is 2.95. The van der Waals surface area contributed by atoms with Gasteiger partial charge in [0.2, 0.25) is 0 Å². The van der Waals surface area contributed by atoms with Gasteiger partial charge in [-0.15, -0.1) is 0 Å². The van der Waals surface area contributed by atoms with Gasteiger partial charge in [0.05, 0.1) is 5.69 Å². The van der Waals surface area contributed by atoms with E-state index in [0.29, 0.717) is 12.0 Å². The first-order valence-corrected chi connectivity index (χ1v) is 6.42. The minimum absolute atomic E-state index is 0.609. The Morgan fingerprint density at radius 3 is 2.94 bits per heavy atom. The van der Waals surface area contributed by atoms with Crippen LogP contribution in [0.4, 0.5) is 0 Å². The molecule has 3 rings (SSSR count). The fourth-order valence-corrected chi connectivity index (χ4v) is 2.65. The first-order valence-electron chi connectivity index (χ1n) is 6.42. The standard InChI is InChI=1S/C14H19N3/c1-11(2)16-8-6-12(9-16)13-10-17-7-4-3-5-14(17)15-13/h3-5,7,10-12H,6,8-9H2,1-2H3. The van der Waals surface area contributed by atoms with E-state index in [1.54, 1.807) is 0 Å². The van der Waals surface area contributed by atoms with Gasteiger partial charge in [0.25, 0.3) is 0 Å². The Morgan fingerprint density at radius 1 is 1.35 bits per heavy atom. The molecular formula is C14H19N3. The van der Waals surface area contributed by atoms with Crippen LogP contribution in [0.15, 0.2) is 30.6 Å². The van der Waals surface area contributed by atoms with Crippen LogP contribution in [0.25, 0.3) is 5.65 Å². The molecule has 2 aromatic heterocycles. The molecule has 1 unspecified atom stereocenters. The maximum Gasteiger partial charge on any atom is 0.136 e. The van der Waals surface area contributed by atoms with Crippen LogP contribution in [0.1, 0.15) is 31.9 Å². The predicted molar refractivity (Wildman–Crippen MR) is 69.3 cm³/mol. The molecule has 3 heterocycles. The molecule has 1 fully saturated rings. The number of imidazole rings is 1. The highest BCUT2D eigenvalue weighted by Gasteiger charge is 2.26. The van der Waals surface area contributed by atoms with Crippen molar-refractivity contribution in [3.05, 3.63) is 36.3 Å². The summed E-state index contributed by atoms with van der Waals surface area (Å²) in [6.45, 7) is 6.90. The van der Waals surface area contributed by atoms with Crippen LogP contribution >= 0.6 is 0 Å². The van der Waals surface area contributed by atoms with Gasteiger partial charge in [-0.05, 0) is 38.9 Å². The first-order chi connectivity index (χ1) is 8.24. The Bertz CT molecular complexity index is 482. The molecule has 0 N–H and O–H groups in total. The summed E-state index contributed by atoms with van der Waals surface area (Å²) in [5.74, 6) is 0.609. The third-order valence-corrected chi connectivity index (χ3v) is 3.75. The summed E-state index contributed by atoms with van der Waals surface area (Å²) in [6, 6.07) is 6.81. The van der Waals surface area contributed by atoms with Gasteiger partial charge in [-0.25, -0.2) is 4.98 Å². The van der Waals surface area contributed by atoms with Crippen molar-refractivity contribution in [3.63, 3.8) is 0 Å². The Kier molecular flexibility index (Phi) is 2.63. The number of hydrogen-bond acceptors (Lipinski definition) is 2. The zero-order chi connectivity index (χ0) is 11.8. The van der Waals surface area contributed by atoms with Crippen molar-refractivity contribution in [2.75, 3.05) is 13.1 Å². The summed E-state index contributed by atoms with van der Waals surface area (Å²) in [7, 11) is 0. The lowest BCUT2D eigenvalue weighted by Crippen LogP contribution is -2.27. The molecule has 1 aliphatic heterocycles. The maximum absolute atomic E-state index is 4.72. The smallest absolute Gasteiger partial charge is 0.136 e. The van der Waals surface area contributed by atoms with Crippen LogP contribution < -0.4 is 0 Å². The molecule has 0 radical (unpaired) electrons. The topological polar surface area (TPSA) is 20.5 Å². The number of pyridine rings is 1. The quantitative estimate of drug-likeness (QED) is 0.789. The molecule has 90 valence electrons. The van der Waals surface area contributed by atoms with E-state index in [4.69, 9.17) is 4.98 Å². The number of nitrogens with zero attached hydrogens (tertiary/aromatic N) is 3. The molecule has 17 heavy (non-hydrogen) atoms. The number of rotatable bonds is 2. The molecule has 0 aromatic carbocycles. The Hall–Kier alpha value is -1.35. The van der Waals surface area contributed by atoms with Gasteiger partial charge in [0, 0.05) is 30.9 Å². The summed E-state index contributed by atoms with van der Waals surface area (Å²) >= 11 is 0. The van der Waals surface area contributed by atoms with Crippen LogP contribution in [0.5, 0.6) is 0 Å². The molecule has 3 nitrogen and oxygen atoms in total. The third-order valence-electron chi connectivity index (χ3n) is 3.75. The summed E-state index contributed by atoms with van der Waals surface area (Å²) in [5, 5.41) is 0. The highest BCUT2D eigenvalue weighted by Crippen LogP contribution is 2.27. The van der Waals surface area contributed by atoms with Gasteiger partial charge in [-0.3, -0.25) is 0 Å². The maximum atomic E-state index is 4.72. The van der Waals surface area contributed by atoms with E-state index in [9.17, 15) is 0 Å². The minimum atomic E-state index is 0.609. The van der Waals surface area contributed by atoms with Gasteiger partial charge >= 0.3 is 0 Å². The third kappa shape index (κ3) is 1.95. The lowest BCUT2D eigenvalue weighted by Gasteiger charge is -2.19. The van der Waals surface area contributed by atoms with Gasteiger partial charge in [-0.2, -0.15) is 0 Å². The average molecular weight is 229 g/mol. The summed E-state index contributed by atoms with van der Waals surface area (Å²) in [4.78, 5) is 7.26. The van der Waals surface area contributed by atoms with E-state index >= 15 is 0 Å². The van der Waals surface area contributed by atoms with Crippen LogP contribution in [-0.2, 0) is 0 Å². The fraction of sp³-hybridized carbons (Fsp3) is 0.500. The molecule has 0 spiro atoms. The number of hydrogen-bond donors (Lipinski definition) is 0. The van der Waals surface area contributed by atoms with Crippen molar-refractivity contribution in [2.45, 2.75) is 32.2 Å². The van der Waals surface area contributed by atoms with Crippen molar-refractivity contribution >= 4 is 5.65 Å². The van der Waals surface area contributed by atoms with Gasteiger partial charge in [0.1, 0.15) is 5.65 Å². The first kappa shape index (κ1) is 10.8. The summed E-state index contributed by atoms with van der Waals surface area (Å²) in [6.07, 6.45) is 5.49. The fourth-order valence-electron chi connectivity index (χ4n) is 2.65. The number of fused-ring (bicyclic) bond motifs is 1. The lowest BCUT2D eigenvalue weighted by molar-refractivity contribution is 0.272. The molecule has 1 saturated heterocycles. The van der Waals surface area contributed by atoms with Gasteiger partial charge in [-0.1, -0.05) is 6.07 Å². The molecular weight excluding hydrogens is 210 g/mol. The van der Waals surface area contributed by atoms with Crippen LogP contribution in [0, 0.1) is 0 Å². The number of likely N-dealkylation sites (tertiary alicyclic amines) is 1. The molecule has 2 aromatic rings. The Balaban J connectivity index is 1.85. The monoisotopic (exact) mass is 229 g/mol. The molecule has 3 heteroatoms. The van der Waals surface area contributed by atoms with E-state index in [2.05, 4.69) is 41.6 Å². The number of aromatic nitrogens is 2. The molecule has 1 atom stereocenters. The molecule has 0 bridgehead atoms. The van der Waals surface area contributed by atoms with E-state index in [-0.39, 0.29) is 0 Å². The highest BCUT2D eigenvalue weighted by molar-refractivity contribution is 5.40. The van der Waals surface area contributed by atoms with Crippen LogP contribution in [-0.4, -0.2) is 33.4 Å². The highest BCUT2D eigenvalue weighted by atomic mass is 15.2. The van der Waals surface area contributed by atoms with Gasteiger partial charge < -0.3 is 9.30 Å². The second-order valence-electron chi connectivity index (χ2n) is 5.21. The molecule has 0 amide bonds. The Morgan fingerprint density at radius 2 is 2.24 bits per heavy atom. The van der Waals surface area contributed by atoms with Gasteiger partial charge in [0.15, 0.2) is 0 Å². The lowest BCUT2D eigenvalue weighted by atomic mass is 10.1. The molecule has 0 aliphatic carbocycles. The van der Waals surface area contributed by atoms with Crippen molar-refractivity contribution in [2.24, 2.45) is 0 Å². The zero-order valence-corrected chi connectivity index (χ0v) is 10.5. The normalized spacial score (nSPS) is 21.7. The van der Waals surface area contributed by atoms with Crippen molar-refractivity contribution in [1.29, 1.82) is 0 Å². The summed E-state index contributed by atoms with van der Waals surface area (Å²) < 4.78 is 2.12. The van der Waals surface area contributed by atoms with Crippen molar-refractivity contribution in [3.8, 4) is 0 Å². The second kappa shape index (κ2) is 4.15. The minimum Gasteiger partial charge on any atom is -0.307 e. The second-order valence-corrected chi connectivity index (χ2v) is 5.21. The van der Waals surface area contributed by atoms with Crippen LogP contribution in [0.3, 0.4) is 0 Å². The summed E-state index contributed by atoms with van der Waals surface area (Å²) in [5.41, 5.74) is 2.31. The van der Waals surface area contributed by atoms with Crippen molar-refractivity contribution < 1.29 is 0 Å².